The van der Waals surface area contributed by atoms with Crippen LogP contribution in [-0.2, 0) is 10.8 Å². The molecule has 0 aromatic heterocycles. The van der Waals surface area contributed by atoms with Crippen molar-refractivity contribution < 1.29 is 0 Å². The number of fused-ring (bicyclic) bond motifs is 14. The third-order valence-electron chi connectivity index (χ3n) is 18.6. The van der Waals surface area contributed by atoms with Gasteiger partial charge in [-0.2, -0.15) is 0 Å². The number of allylic oxidation sites excluding steroid dienone is 4. The molecule has 12 aromatic rings. The summed E-state index contributed by atoms with van der Waals surface area (Å²) >= 11 is 0. The third-order valence-corrected chi connectivity index (χ3v) is 18.6. The normalized spacial score (nSPS) is 15.5. The van der Waals surface area contributed by atoms with Gasteiger partial charge in [-0.25, -0.2) is 0 Å². The zero-order valence-electron chi connectivity index (χ0n) is 47.2. The Kier molecular flexibility index (Phi) is 11.6. The quantitative estimate of drug-likeness (QED) is 0.155. The van der Waals surface area contributed by atoms with Gasteiger partial charge in [0.1, 0.15) is 0 Å². The lowest BCUT2D eigenvalue weighted by Crippen LogP contribution is -2.30. The molecule has 0 aliphatic heterocycles. The molecule has 84 heavy (non-hydrogen) atoms. The van der Waals surface area contributed by atoms with Crippen LogP contribution in [-0.4, -0.2) is 0 Å². The van der Waals surface area contributed by atoms with Crippen LogP contribution in [0.2, 0.25) is 0 Å². The van der Waals surface area contributed by atoms with Crippen molar-refractivity contribution in [2.24, 2.45) is 0 Å². The first-order valence-corrected chi connectivity index (χ1v) is 29.6. The van der Waals surface area contributed by atoms with E-state index in [-0.39, 0.29) is 5.41 Å². The predicted octanol–water partition coefficient (Wildman–Crippen LogP) is 22.0. The largest absolute Gasteiger partial charge is 0.355 e. The maximum atomic E-state index is 4.16. The highest BCUT2D eigenvalue weighted by Crippen LogP contribution is 2.64. The van der Waals surface area contributed by atoms with Gasteiger partial charge in [-0.3, -0.25) is 0 Å². The van der Waals surface area contributed by atoms with Gasteiger partial charge in [-0.05, 0) is 179 Å². The molecule has 1 spiro atoms. The molecule has 12 aromatic carbocycles. The molecule has 1 unspecified atom stereocenters. The van der Waals surface area contributed by atoms with Crippen LogP contribution in [0.15, 0.2) is 303 Å². The molecule has 16 rings (SSSR count). The van der Waals surface area contributed by atoms with E-state index in [1.54, 1.807) is 0 Å². The Balaban J connectivity index is 0.865. The average molecular weight is 1070 g/mol. The van der Waals surface area contributed by atoms with Crippen LogP contribution in [0, 0.1) is 0 Å². The van der Waals surface area contributed by atoms with E-state index < -0.39 is 5.41 Å². The molecule has 2 heteroatoms. The fraction of sp³-hybridized carbons (Fsp3) is 0.0732. The van der Waals surface area contributed by atoms with E-state index in [4.69, 9.17) is 0 Å². The van der Waals surface area contributed by atoms with Crippen molar-refractivity contribution in [2.75, 3.05) is 10.2 Å². The monoisotopic (exact) mass is 1070 g/mol. The Morgan fingerprint density at radius 3 is 1.45 bits per heavy atom. The van der Waals surface area contributed by atoms with Gasteiger partial charge in [0.25, 0.3) is 0 Å². The van der Waals surface area contributed by atoms with Gasteiger partial charge in [0.05, 0.1) is 5.41 Å². The molecule has 0 fully saturated rings. The van der Waals surface area contributed by atoms with Crippen LogP contribution in [0.25, 0.3) is 83.5 Å². The van der Waals surface area contributed by atoms with Gasteiger partial charge in [-0.1, -0.05) is 257 Å². The van der Waals surface area contributed by atoms with Crippen LogP contribution in [0.5, 0.6) is 0 Å². The second-order valence-electron chi connectivity index (χ2n) is 23.5. The summed E-state index contributed by atoms with van der Waals surface area (Å²) in [5.41, 5.74) is 32.6. The van der Waals surface area contributed by atoms with Crippen LogP contribution in [0.3, 0.4) is 0 Å². The Bertz CT molecular complexity index is 4620. The summed E-state index contributed by atoms with van der Waals surface area (Å²) in [5.74, 6) is 0. The van der Waals surface area contributed by atoms with Crippen molar-refractivity contribution in [3.8, 4) is 77.9 Å². The number of benzene rings is 12. The van der Waals surface area contributed by atoms with Gasteiger partial charge < -0.3 is 10.2 Å². The Morgan fingerprint density at radius 2 is 0.798 bits per heavy atom. The van der Waals surface area contributed by atoms with E-state index >= 15 is 0 Å². The molecule has 0 radical (unpaired) electrons. The zero-order chi connectivity index (χ0) is 55.9. The van der Waals surface area contributed by atoms with Gasteiger partial charge in [0, 0.05) is 45.0 Å². The molecule has 2 nitrogen and oxygen atoms in total. The fourth-order valence-corrected chi connectivity index (χ4v) is 14.7. The van der Waals surface area contributed by atoms with E-state index in [2.05, 4.69) is 321 Å². The summed E-state index contributed by atoms with van der Waals surface area (Å²) in [6.45, 7) is 4.75. The van der Waals surface area contributed by atoms with E-state index in [9.17, 15) is 0 Å². The lowest BCUT2D eigenvalue weighted by Gasteiger charge is -2.36. The molecule has 0 heterocycles. The van der Waals surface area contributed by atoms with Gasteiger partial charge >= 0.3 is 0 Å². The summed E-state index contributed by atoms with van der Waals surface area (Å²) < 4.78 is 0. The maximum absolute atomic E-state index is 4.16. The molecular weight excluding hydrogens is 1010 g/mol. The molecule has 0 bridgehead atoms. The summed E-state index contributed by atoms with van der Waals surface area (Å²) in [7, 11) is 0. The van der Waals surface area contributed by atoms with Crippen molar-refractivity contribution in [1.29, 1.82) is 0 Å². The third kappa shape index (κ3) is 7.78. The Labute approximate surface area is 493 Å². The van der Waals surface area contributed by atoms with Crippen LogP contribution in [0.1, 0.15) is 60.1 Å². The molecule has 1 atom stereocenters. The SMILES string of the molecule is CC1(C)c2ccccc2-c2ccc(N(c3ccc(-c4ccccc4)cc3)c3ccc4c(c3)-c3ccccc3C3(C5=C(CCC=C5)c5c(Nc6ccc(-c7ccccc7)cc6-c6ccc(-c7ccccc7)cc6)cccc53)c3ccccc3-4)cc21. The minimum Gasteiger partial charge on any atom is -0.355 e. The Hall–Kier alpha value is -10.3. The lowest BCUT2D eigenvalue weighted by atomic mass is 9.64. The minimum atomic E-state index is -0.619. The number of rotatable bonds is 9. The molecule has 0 saturated heterocycles. The summed E-state index contributed by atoms with van der Waals surface area (Å²) in [5, 5.41) is 4.16. The topological polar surface area (TPSA) is 15.3 Å². The zero-order valence-corrected chi connectivity index (χ0v) is 47.2. The molecule has 0 saturated carbocycles. The van der Waals surface area contributed by atoms with Gasteiger partial charge in [-0.15, -0.1) is 0 Å². The maximum Gasteiger partial charge on any atom is 0.0722 e. The fourth-order valence-electron chi connectivity index (χ4n) is 14.7. The summed E-state index contributed by atoms with van der Waals surface area (Å²) in [6, 6.07) is 106. The van der Waals surface area contributed by atoms with E-state index in [1.807, 2.05) is 0 Å². The van der Waals surface area contributed by atoms with Crippen LogP contribution in [0.4, 0.5) is 28.4 Å². The predicted molar refractivity (Wildman–Crippen MR) is 353 cm³/mol. The van der Waals surface area contributed by atoms with Gasteiger partial charge in [0.2, 0.25) is 0 Å². The molecule has 0 amide bonds. The molecular formula is C82H60N2. The standard InChI is InChI=1S/C82H60N2/c1-81(2)72-31-16-12-28-66(72)68-49-47-63(53-77(68)81)84(61-44-41-58(42-45-61)55-23-8-4-9-24-55)62-46-48-64-65-27-13-17-32-73(65)82(74-33-18-14-29-67(74)71(64)52-62)75-34-19-15-30-69(75)80-76(82)35-20-36-79(80)83-78-50-43-60(56-25-10-5-11-26-56)51-70(78)59-39-37-57(38-40-59)54-21-6-3-7-22-54/h3-14,16-29,31-53,83H,15,30H2,1-2H3. The highest BCUT2D eigenvalue weighted by Gasteiger charge is 2.51. The van der Waals surface area contributed by atoms with Crippen LogP contribution < -0.4 is 10.2 Å². The number of anilines is 5. The number of hydrogen-bond acceptors (Lipinski definition) is 2. The van der Waals surface area contributed by atoms with Gasteiger partial charge in [0.15, 0.2) is 0 Å². The molecule has 4 aliphatic rings. The first-order valence-electron chi connectivity index (χ1n) is 29.6. The minimum absolute atomic E-state index is 0.159. The van der Waals surface area contributed by atoms with Crippen LogP contribution >= 0.6 is 0 Å². The van der Waals surface area contributed by atoms with E-state index in [0.29, 0.717) is 0 Å². The van der Waals surface area contributed by atoms with E-state index in [1.165, 1.54) is 111 Å². The van der Waals surface area contributed by atoms with E-state index in [0.717, 1.165) is 52.4 Å². The van der Waals surface area contributed by atoms with Crippen molar-refractivity contribution in [3.05, 3.63) is 336 Å². The number of nitrogens with one attached hydrogen (secondary N) is 1. The van der Waals surface area contributed by atoms with Crippen molar-refractivity contribution in [2.45, 2.75) is 37.5 Å². The second-order valence-corrected chi connectivity index (χ2v) is 23.5. The number of nitrogens with zero attached hydrogens (tertiary/aromatic N) is 1. The molecule has 398 valence electrons. The van der Waals surface area contributed by atoms with Crippen molar-refractivity contribution in [1.82, 2.24) is 0 Å². The smallest absolute Gasteiger partial charge is 0.0722 e. The average Bonchev–Trinajstić information content (AvgIpc) is 1.60. The second kappa shape index (κ2) is 19.7. The number of hydrogen-bond donors (Lipinski definition) is 1. The van der Waals surface area contributed by atoms with Crippen molar-refractivity contribution in [3.63, 3.8) is 0 Å². The summed E-state index contributed by atoms with van der Waals surface area (Å²) in [4.78, 5) is 2.48. The van der Waals surface area contributed by atoms with Crippen molar-refractivity contribution >= 4 is 34.0 Å². The first-order chi connectivity index (χ1) is 41.4. The summed E-state index contributed by atoms with van der Waals surface area (Å²) in [6.07, 6.45) is 6.81. The molecule has 1 N–H and O–H groups in total. The lowest BCUT2D eigenvalue weighted by molar-refractivity contribution is 0.660. The Morgan fingerprint density at radius 1 is 0.321 bits per heavy atom. The first kappa shape index (κ1) is 49.5. The highest BCUT2D eigenvalue weighted by atomic mass is 15.1. The highest BCUT2D eigenvalue weighted by molar-refractivity contribution is 6.02. The molecule has 4 aliphatic carbocycles.